The van der Waals surface area contributed by atoms with E-state index in [0.29, 0.717) is 6.07 Å². The highest BCUT2D eigenvalue weighted by Crippen LogP contribution is 2.32. The van der Waals surface area contributed by atoms with Crippen LogP contribution < -0.4 is 11.1 Å². The first-order valence-electron chi connectivity index (χ1n) is 5.07. The summed E-state index contributed by atoms with van der Waals surface area (Å²) in [6.07, 6.45) is 0.861. The van der Waals surface area contributed by atoms with Gasteiger partial charge < -0.3 is 11.1 Å². The lowest BCUT2D eigenvalue weighted by Crippen LogP contribution is -2.05. The first kappa shape index (κ1) is 13.9. The average Bonchev–Trinajstić information content (AvgIpc) is 2.33. The number of nitrogens with two attached hydrogens (primary N) is 1. The molecule has 0 amide bonds. The Morgan fingerprint density at radius 3 is 2.70 bits per heavy atom. The summed E-state index contributed by atoms with van der Waals surface area (Å²) >= 11 is 5.67. The Labute approximate surface area is 115 Å². The number of aromatic nitrogens is 2. The highest BCUT2D eigenvalue weighted by Gasteiger charge is 2.20. The molecule has 0 aliphatic rings. The minimum Gasteiger partial charge on any atom is -0.368 e. The van der Waals surface area contributed by atoms with Crippen LogP contribution in [-0.2, 0) is 0 Å². The molecule has 20 heavy (non-hydrogen) atoms. The molecule has 0 saturated carbocycles. The van der Waals surface area contributed by atoms with Crippen LogP contribution in [0, 0.1) is 21.7 Å². The largest absolute Gasteiger partial charge is 0.368 e. The molecule has 0 bridgehead atoms. The Hall–Kier alpha value is -2.55. The molecule has 0 spiro atoms. The number of nitrogens with one attached hydrogen (secondary N) is 1. The summed E-state index contributed by atoms with van der Waals surface area (Å²) in [4.78, 5) is 17.1. The number of anilines is 3. The zero-order valence-electron chi connectivity index (χ0n) is 9.60. The minimum absolute atomic E-state index is 0.253. The van der Waals surface area contributed by atoms with Gasteiger partial charge in [0.2, 0.25) is 11.8 Å². The fraction of sp³-hybridized carbons (Fsp3) is 0. The van der Waals surface area contributed by atoms with Crippen molar-refractivity contribution in [3.8, 4) is 0 Å². The molecule has 10 heteroatoms. The predicted molar refractivity (Wildman–Crippen MR) is 67.7 cm³/mol. The Morgan fingerprint density at radius 2 is 2.10 bits per heavy atom. The van der Waals surface area contributed by atoms with Crippen LogP contribution in [0.3, 0.4) is 0 Å². The number of rotatable bonds is 3. The van der Waals surface area contributed by atoms with Crippen LogP contribution in [0.4, 0.5) is 31.9 Å². The van der Waals surface area contributed by atoms with Gasteiger partial charge in [0.25, 0.3) is 0 Å². The Morgan fingerprint density at radius 1 is 1.40 bits per heavy atom. The zero-order valence-corrected chi connectivity index (χ0v) is 10.4. The second-order valence-electron chi connectivity index (χ2n) is 3.59. The number of halogens is 3. The van der Waals surface area contributed by atoms with Crippen molar-refractivity contribution in [2.75, 3.05) is 11.1 Å². The lowest BCUT2D eigenvalue weighted by molar-refractivity contribution is -0.384. The second-order valence-corrected chi connectivity index (χ2v) is 4.00. The van der Waals surface area contributed by atoms with Crippen molar-refractivity contribution >= 4 is 34.7 Å². The van der Waals surface area contributed by atoms with Gasteiger partial charge in [0.05, 0.1) is 15.6 Å². The van der Waals surface area contributed by atoms with E-state index in [1.165, 1.54) is 0 Å². The average molecular weight is 302 g/mol. The lowest BCUT2D eigenvalue weighted by atomic mass is 10.3. The van der Waals surface area contributed by atoms with Crippen LogP contribution in [0.2, 0.25) is 5.02 Å². The molecule has 1 aromatic carbocycles. The quantitative estimate of drug-likeness (QED) is 0.666. The third-order valence-electron chi connectivity index (χ3n) is 2.24. The van der Waals surface area contributed by atoms with Gasteiger partial charge in [0.15, 0.2) is 5.82 Å². The molecular weight excluding hydrogens is 296 g/mol. The van der Waals surface area contributed by atoms with Crippen molar-refractivity contribution in [2.45, 2.75) is 0 Å². The maximum absolute atomic E-state index is 13.6. The molecule has 0 unspecified atom stereocenters. The van der Waals surface area contributed by atoms with Gasteiger partial charge in [-0.25, -0.2) is 13.8 Å². The lowest BCUT2D eigenvalue weighted by Gasteiger charge is -2.09. The van der Waals surface area contributed by atoms with E-state index in [4.69, 9.17) is 17.3 Å². The van der Waals surface area contributed by atoms with E-state index < -0.39 is 22.2 Å². The fourth-order valence-electron chi connectivity index (χ4n) is 1.39. The predicted octanol–water partition coefficient (Wildman–Crippen LogP) is 2.64. The van der Waals surface area contributed by atoms with Gasteiger partial charge in [0, 0.05) is 6.07 Å². The fourth-order valence-corrected chi connectivity index (χ4v) is 1.64. The number of nitrogen functional groups attached to an aromatic ring is 1. The first-order chi connectivity index (χ1) is 9.38. The van der Waals surface area contributed by atoms with Crippen molar-refractivity contribution in [2.24, 2.45) is 0 Å². The van der Waals surface area contributed by atoms with Crippen LogP contribution in [-0.4, -0.2) is 14.9 Å². The van der Waals surface area contributed by atoms with E-state index >= 15 is 0 Å². The first-order valence-corrected chi connectivity index (χ1v) is 5.44. The third kappa shape index (κ3) is 2.72. The van der Waals surface area contributed by atoms with Gasteiger partial charge >= 0.3 is 5.69 Å². The number of hydrogen-bond acceptors (Lipinski definition) is 6. The third-order valence-corrected chi connectivity index (χ3v) is 2.53. The van der Waals surface area contributed by atoms with E-state index in [1.807, 2.05) is 0 Å². The summed E-state index contributed by atoms with van der Waals surface area (Å²) in [5, 5.41) is 12.8. The maximum atomic E-state index is 13.6. The molecule has 0 aliphatic heterocycles. The van der Waals surface area contributed by atoms with Crippen molar-refractivity contribution in [1.29, 1.82) is 0 Å². The molecule has 7 nitrogen and oxygen atoms in total. The van der Waals surface area contributed by atoms with E-state index in [2.05, 4.69) is 15.3 Å². The molecule has 0 radical (unpaired) electrons. The van der Waals surface area contributed by atoms with Crippen molar-refractivity contribution in [3.05, 3.63) is 45.1 Å². The monoisotopic (exact) mass is 301 g/mol. The molecule has 0 aliphatic carbocycles. The Balaban J connectivity index is 2.50. The van der Waals surface area contributed by atoms with Crippen molar-refractivity contribution in [1.82, 2.24) is 9.97 Å². The summed E-state index contributed by atoms with van der Waals surface area (Å²) < 4.78 is 26.5. The summed E-state index contributed by atoms with van der Waals surface area (Å²) in [6, 6.07) is 1.42. The zero-order chi connectivity index (χ0) is 14.9. The van der Waals surface area contributed by atoms with Gasteiger partial charge in [-0.05, 0) is 6.07 Å². The molecule has 0 atom stereocenters. The number of hydrogen-bond donors (Lipinski definition) is 2. The number of nitro groups is 1. The molecule has 0 fully saturated rings. The van der Waals surface area contributed by atoms with Crippen LogP contribution in [0.15, 0.2) is 18.3 Å². The van der Waals surface area contributed by atoms with E-state index in [1.54, 1.807) is 0 Å². The molecule has 2 aromatic rings. The summed E-state index contributed by atoms with van der Waals surface area (Å²) in [5.74, 6) is -2.51. The number of nitrogens with zero attached hydrogens (tertiary/aromatic N) is 3. The summed E-state index contributed by atoms with van der Waals surface area (Å²) in [5.41, 5.74) is 4.43. The van der Waals surface area contributed by atoms with Gasteiger partial charge in [0.1, 0.15) is 12.0 Å². The van der Waals surface area contributed by atoms with Gasteiger partial charge in [-0.15, -0.1) is 0 Å². The van der Waals surface area contributed by atoms with E-state index in [9.17, 15) is 18.9 Å². The molecule has 2 rings (SSSR count). The van der Waals surface area contributed by atoms with Gasteiger partial charge in [-0.2, -0.15) is 4.98 Å². The highest BCUT2D eigenvalue weighted by molar-refractivity contribution is 6.33. The summed E-state index contributed by atoms with van der Waals surface area (Å²) in [6.45, 7) is 0. The molecule has 3 N–H and O–H groups in total. The smallest absolute Gasteiger partial charge is 0.329 e. The SMILES string of the molecule is Nc1ncc([N+](=O)[O-])c(Nc2c(F)cc(F)cc2Cl)n1. The standard InChI is InChI=1S/C10H6ClF2N5O2/c11-5-1-4(12)2-6(13)8(5)16-9-7(18(19)20)3-15-10(14)17-9/h1-3H,(H3,14,15,16,17). The van der Waals surface area contributed by atoms with Crippen LogP contribution >= 0.6 is 11.6 Å². The van der Waals surface area contributed by atoms with E-state index in [0.717, 1.165) is 12.3 Å². The normalized spacial score (nSPS) is 10.3. The van der Waals surface area contributed by atoms with Crippen LogP contribution in [0.5, 0.6) is 0 Å². The Kier molecular flexibility index (Phi) is 3.61. The number of benzene rings is 1. The van der Waals surface area contributed by atoms with Gasteiger partial charge in [-0.3, -0.25) is 10.1 Å². The highest BCUT2D eigenvalue weighted by atomic mass is 35.5. The van der Waals surface area contributed by atoms with Crippen molar-refractivity contribution < 1.29 is 13.7 Å². The minimum atomic E-state index is -1.03. The second kappa shape index (κ2) is 5.21. The van der Waals surface area contributed by atoms with E-state index in [-0.39, 0.29) is 22.5 Å². The summed E-state index contributed by atoms with van der Waals surface area (Å²) in [7, 11) is 0. The molecule has 104 valence electrons. The molecule has 0 saturated heterocycles. The molecule has 1 heterocycles. The van der Waals surface area contributed by atoms with Crippen LogP contribution in [0.1, 0.15) is 0 Å². The molecular formula is C10H6ClF2N5O2. The topological polar surface area (TPSA) is 107 Å². The van der Waals surface area contributed by atoms with Crippen molar-refractivity contribution in [3.63, 3.8) is 0 Å². The molecule has 1 aromatic heterocycles. The Bertz CT molecular complexity index is 674. The van der Waals surface area contributed by atoms with Gasteiger partial charge in [-0.1, -0.05) is 11.6 Å². The maximum Gasteiger partial charge on any atom is 0.329 e. The van der Waals surface area contributed by atoms with Crippen LogP contribution in [0.25, 0.3) is 0 Å².